The maximum atomic E-state index is 12.3. The van der Waals surface area contributed by atoms with Gasteiger partial charge in [0.25, 0.3) is 5.91 Å². The highest BCUT2D eigenvalue weighted by Gasteiger charge is 2.23. The van der Waals surface area contributed by atoms with E-state index in [1.807, 2.05) is 24.3 Å². The van der Waals surface area contributed by atoms with Crippen LogP contribution in [-0.2, 0) is 6.54 Å². The second-order valence-corrected chi connectivity index (χ2v) is 5.01. The Morgan fingerprint density at radius 1 is 1.33 bits per heavy atom. The van der Waals surface area contributed by atoms with Gasteiger partial charge in [-0.25, -0.2) is 0 Å². The van der Waals surface area contributed by atoms with E-state index in [1.54, 1.807) is 18.5 Å². The first-order valence-corrected chi connectivity index (χ1v) is 6.94. The van der Waals surface area contributed by atoms with Crippen LogP contribution in [0.3, 0.4) is 0 Å². The number of nitrogens with two attached hydrogens (primary N) is 1. The number of pyridine rings is 1. The number of fused-ring (bicyclic) bond motifs is 1. The SMILES string of the molecule is NC1CCOc2c(C(=O)NCc3ccncc3)cccc21. The van der Waals surface area contributed by atoms with Crippen molar-refractivity contribution >= 4 is 5.91 Å². The third-order valence-electron chi connectivity index (χ3n) is 3.57. The molecule has 0 saturated carbocycles. The Kier molecular flexibility index (Phi) is 3.83. The normalized spacial score (nSPS) is 16.7. The molecule has 3 rings (SSSR count). The van der Waals surface area contributed by atoms with Crippen LogP contribution < -0.4 is 15.8 Å². The molecule has 1 atom stereocenters. The first-order valence-electron chi connectivity index (χ1n) is 6.94. The fraction of sp³-hybridized carbons (Fsp3) is 0.250. The number of carbonyl (C=O) groups is 1. The Hall–Kier alpha value is -2.40. The van der Waals surface area contributed by atoms with Gasteiger partial charge in [0.05, 0.1) is 12.2 Å². The summed E-state index contributed by atoms with van der Waals surface area (Å²) in [7, 11) is 0. The summed E-state index contributed by atoms with van der Waals surface area (Å²) in [4.78, 5) is 16.3. The van der Waals surface area contributed by atoms with E-state index in [2.05, 4.69) is 10.3 Å². The van der Waals surface area contributed by atoms with Gasteiger partial charge in [-0.2, -0.15) is 0 Å². The van der Waals surface area contributed by atoms with Crippen molar-refractivity contribution in [2.75, 3.05) is 6.61 Å². The van der Waals surface area contributed by atoms with Crippen LogP contribution >= 0.6 is 0 Å². The number of nitrogens with one attached hydrogen (secondary N) is 1. The molecule has 1 aliphatic heterocycles. The molecule has 1 amide bonds. The molecule has 108 valence electrons. The van der Waals surface area contributed by atoms with E-state index in [0.29, 0.717) is 24.5 Å². The molecule has 0 fully saturated rings. The predicted octanol–water partition coefficient (Wildman–Crippen LogP) is 1.79. The first-order chi connectivity index (χ1) is 10.3. The molecule has 2 aromatic rings. The predicted molar refractivity (Wildman–Crippen MR) is 78.9 cm³/mol. The van der Waals surface area contributed by atoms with Gasteiger partial charge in [-0.05, 0) is 23.8 Å². The second-order valence-electron chi connectivity index (χ2n) is 5.01. The molecule has 5 nitrogen and oxygen atoms in total. The summed E-state index contributed by atoms with van der Waals surface area (Å²) in [5.41, 5.74) is 8.50. The molecule has 2 heterocycles. The Bertz CT molecular complexity index is 643. The van der Waals surface area contributed by atoms with Crippen molar-refractivity contribution < 1.29 is 9.53 Å². The summed E-state index contributed by atoms with van der Waals surface area (Å²) in [6.07, 6.45) is 4.18. The molecule has 0 bridgehead atoms. The molecular formula is C16H17N3O2. The average Bonchev–Trinajstić information content (AvgIpc) is 2.53. The van der Waals surface area contributed by atoms with Crippen LogP contribution in [0.5, 0.6) is 5.75 Å². The number of hydrogen-bond acceptors (Lipinski definition) is 4. The molecular weight excluding hydrogens is 266 g/mol. The van der Waals surface area contributed by atoms with Crippen molar-refractivity contribution in [1.82, 2.24) is 10.3 Å². The number of benzene rings is 1. The third kappa shape index (κ3) is 2.87. The Morgan fingerprint density at radius 3 is 2.95 bits per heavy atom. The maximum Gasteiger partial charge on any atom is 0.255 e. The zero-order valence-electron chi connectivity index (χ0n) is 11.6. The minimum absolute atomic E-state index is 0.0679. The van der Waals surface area contributed by atoms with Crippen molar-refractivity contribution in [2.24, 2.45) is 5.73 Å². The van der Waals surface area contributed by atoms with E-state index in [4.69, 9.17) is 10.5 Å². The highest BCUT2D eigenvalue weighted by atomic mass is 16.5. The molecule has 1 aromatic heterocycles. The molecule has 0 saturated heterocycles. The Balaban J connectivity index is 1.77. The number of amides is 1. The van der Waals surface area contributed by atoms with Gasteiger partial charge in [-0.15, -0.1) is 0 Å². The molecule has 3 N–H and O–H groups in total. The van der Waals surface area contributed by atoms with Crippen LogP contribution in [0.2, 0.25) is 0 Å². The summed E-state index contributed by atoms with van der Waals surface area (Å²) in [5, 5.41) is 2.89. The van der Waals surface area contributed by atoms with Crippen LogP contribution in [0.15, 0.2) is 42.7 Å². The second kappa shape index (κ2) is 5.93. The van der Waals surface area contributed by atoms with Gasteiger partial charge >= 0.3 is 0 Å². The number of rotatable bonds is 3. The number of nitrogens with zero attached hydrogens (tertiary/aromatic N) is 1. The van der Waals surface area contributed by atoms with Crippen molar-refractivity contribution in [1.29, 1.82) is 0 Å². The van der Waals surface area contributed by atoms with Crippen LogP contribution in [0.25, 0.3) is 0 Å². The lowest BCUT2D eigenvalue weighted by molar-refractivity contribution is 0.0945. The first kappa shape index (κ1) is 13.6. The van der Waals surface area contributed by atoms with Crippen LogP contribution in [0.1, 0.15) is 33.9 Å². The summed E-state index contributed by atoms with van der Waals surface area (Å²) in [6, 6.07) is 9.19. The molecule has 1 unspecified atom stereocenters. The van der Waals surface area contributed by atoms with Gasteiger partial charge in [0.2, 0.25) is 0 Å². The number of aromatic nitrogens is 1. The lowest BCUT2D eigenvalue weighted by Crippen LogP contribution is -2.27. The van der Waals surface area contributed by atoms with E-state index < -0.39 is 0 Å². The summed E-state index contributed by atoms with van der Waals surface area (Å²) >= 11 is 0. The largest absolute Gasteiger partial charge is 0.492 e. The van der Waals surface area contributed by atoms with Crippen molar-refractivity contribution in [3.63, 3.8) is 0 Å². The lowest BCUT2D eigenvalue weighted by Gasteiger charge is -2.24. The van der Waals surface area contributed by atoms with Crippen molar-refractivity contribution in [2.45, 2.75) is 19.0 Å². The van der Waals surface area contributed by atoms with Gasteiger partial charge < -0.3 is 15.8 Å². The number of carbonyl (C=O) groups excluding carboxylic acids is 1. The topological polar surface area (TPSA) is 77.2 Å². The van der Waals surface area contributed by atoms with E-state index in [1.165, 1.54) is 0 Å². The van der Waals surface area contributed by atoms with Crippen LogP contribution in [-0.4, -0.2) is 17.5 Å². The number of hydrogen-bond donors (Lipinski definition) is 2. The van der Waals surface area contributed by atoms with E-state index in [0.717, 1.165) is 17.5 Å². The van der Waals surface area contributed by atoms with Crippen molar-refractivity contribution in [3.05, 3.63) is 59.4 Å². The maximum absolute atomic E-state index is 12.3. The summed E-state index contributed by atoms with van der Waals surface area (Å²) < 4.78 is 5.65. The van der Waals surface area contributed by atoms with Gasteiger partial charge in [-0.1, -0.05) is 12.1 Å². The van der Waals surface area contributed by atoms with Crippen LogP contribution in [0, 0.1) is 0 Å². The summed E-state index contributed by atoms with van der Waals surface area (Å²) in [5.74, 6) is 0.459. The Morgan fingerprint density at radius 2 is 2.14 bits per heavy atom. The molecule has 21 heavy (non-hydrogen) atoms. The molecule has 1 aliphatic rings. The molecule has 5 heteroatoms. The molecule has 0 spiro atoms. The fourth-order valence-electron chi connectivity index (χ4n) is 2.41. The van der Waals surface area contributed by atoms with Gasteiger partial charge in [0, 0.05) is 37.0 Å². The lowest BCUT2D eigenvalue weighted by atomic mass is 9.98. The Labute approximate surface area is 123 Å². The smallest absolute Gasteiger partial charge is 0.255 e. The molecule has 1 aromatic carbocycles. The number of ether oxygens (including phenoxy) is 1. The highest BCUT2D eigenvalue weighted by Crippen LogP contribution is 2.33. The minimum atomic E-state index is -0.155. The zero-order chi connectivity index (χ0) is 14.7. The quantitative estimate of drug-likeness (QED) is 0.900. The van der Waals surface area contributed by atoms with Crippen LogP contribution in [0.4, 0.5) is 0 Å². The summed E-state index contributed by atoms with van der Waals surface area (Å²) in [6.45, 7) is 1.000. The average molecular weight is 283 g/mol. The zero-order valence-corrected chi connectivity index (χ0v) is 11.6. The van der Waals surface area contributed by atoms with E-state index >= 15 is 0 Å². The molecule has 0 aliphatic carbocycles. The fourth-order valence-corrected chi connectivity index (χ4v) is 2.41. The minimum Gasteiger partial charge on any atom is -0.492 e. The third-order valence-corrected chi connectivity index (χ3v) is 3.57. The van der Waals surface area contributed by atoms with Gasteiger partial charge in [-0.3, -0.25) is 9.78 Å². The highest BCUT2D eigenvalue weighted by molar-refractivity contribution is 5.97. The molecule has 0 radical (unpaired) electrons. The van der Waals surface area contributed by atoms with Crippen molar-refractivity contribution in [3.8, 4) is 5.75 Å². The monoisotopic (exact) mass is 283 g/mol. The number of para-hydroxylation sites is 1. The van der Waals surface area contributed by atoms with E-state index in [9.17, 15) is 4.79 Å². The van der Waals surface area contributed by atoms with E-state index in [-0.39, 0.29) is 11.9 Å². The standard InChI is InChI=1S/C16H17N3O2/c17-14-6-9-21-15-12(14)2-1-3-13(15)16(20)19-10-11-4-7-18-8-5-11/h1-5,7-8,14H,6,9-10,17H2,(H,19,20). The van der Waals surface area contributed by atoms with Gasteiger partial charge in [0.1, 0.15) is 5.75 Å². The van der Waals surface area contributed by atoms with Gasteiger partial charge in [0.15, 0.2) is 0 Å².